The Labute approximate surface area is 105 Å². The quantitative estimate of drug-likeness (QED) is 0.836. The van der Waals surface area contributed by atoms with Gasteiger partial charge in [0.15, 0.2) is 0 Å². The lowest BCUT2D eigenvalue weighted by molar-refractivity contribution is -0.116. The number of hydrogen-bond donors (Lipinski definition) is 2. The highest BCUT2D eigenvalue weighted by atomic mass is 16.2. The summed E-state index contributed by atoms with van der Waals surface area (Å²) in [6.45, 7) is 0. The zero-order valence-electron chi connectivity index (χ0n) is 10.1. The maximum atomic E-state index is 12.1. The lowest BCUT2D eigenvalue weighted by atomic mass is 10.1. The van der Waals surface area contributed by atoms with Crippen LogP contribution < -0.4 is 10.6 Å². The van der Waals surface area contributed by atoms with Crippen molar-refractivity contribution in [1.82, 2.24) is 9.78 Å². The van der Waals surface area contributed by atoms with Crippen LogP contribution in [-0.2, 0) is 18.3 Å². The zero-order chi connectivity index (χ0) is 12.5. The molecule has 18 heavy (non-hydrogen) atoms. The van der Waals surface area contributed by atoms with Crippen LogP contribution in [0.15, 0.2) is 36.5 Å². The van der Waals surface area contributed by atoms with Crippen LogP contribution in [0.2, 0.25) is 0 Å². The molecule has 5 heteroatoms. The van der Waals surface area contributed by atoms with E-state index >= 15 is 0 Å². The lowest BCUT2D eigenvalue weighted by Gasteiger charge is -2.11. The van der Waals surface area contributed by atoms with Crippen LogP contribution in [-0.4, -0.2) is 21.7 Å². The lowest BCUT2D eigenvalue weighted by Crippen LogP contribution is -2.33. The molecule has 3 rings (SSSR count). The number of rotatable bonds is 2. The molecule has 1 aliphatic rings. The molecule has 1 amide bonds. The van der Waals surface area contributed by atoms with Crippen molar-refractivity contribution in [3.8, 4) is 0 Å². The molecule has 1 atom stereocenters. The molecule has 1 aliphatic heterocycles. The molecule has 0 saturated carbocycles. The highest BCUT2D eigenvalue weighted by Gasteiger charge is 2.26. The Hall–Kier alpha value is -2.30. The van der Waals surface area contributed by atoms with Gasteiger partial charge >= 0.3 is 0 Å². The molecule has 2 aromatic rings. The fraction of sp³-hybridized carbons (Fsp3) is 0.231. The van der Waals surface area contributed by atoms with Crippen LogP contribution in [0.25, 0.3) is 0 Å². The number of amides is 1. The van der Waals surface area contributed by atoms with Gasteiger partial charge in [0.1, 0.15) is 11.9 Å². The average Bonchev–Trinajstić information content (AvgIpc) is 2.96. The number of nitrogens with zero attached hydrogens (tertiary/aromatic N) is 2. The summed E-state index contributed by atoms with van der Waals surface area (Å²) in [5.74, 6) is 0.674. The molecule has 0 radical (unpaired) electrons. The molecule has 0 fully saturated rings. The first-order chi connectivity index (χ1) is 8.74. The summed E-state index contributed by atoms with van der Waals surface area (Å²) < 4.78 is 1.64. The van der Waals surface area contributed by atoms with E-state index in [-0.39, 0.29) is 11.9 Å². The molecular formula is C13H14N4O. The molecular weight excluding hydrogens is 228 g/mol. The largest absolute Gasteiger partial charge is 0.373 e. The number of nitrogens with one attached hydrogen (secondary N) is 2. The number of carbonyl (C=O) groups excluding carboxylic acids is 1. The van der Waals surface area contributed by atoms with Crippen molar-refractivity contribution in [3.63, 3.8) is 0 Å². The molecule has 0 spiro atoms. The molecule has 1 unspecified atom stereocenters. The maximum absolute atomic E-state index is 12.1. The van der Waals surface area contributed by atoms with E-state index in [1.165, 1.54) is 5.56 Å². The Balaban J connectivity index is 1.71. The average molecular weight is 242 g/mol. The van der Waals surface area contributed by atoms with E-state index in [0.717, 1.165) is 12.1 Å². The van der Waals surface area contributed by atoms with Gasteiger partial charge in [-0.25, -0.2) is 0 Å². The second kappa shape index (κ2) is 4.18. The molecule has 0 saturated heterocycles. The third kappa shape index (κ3) is 1.84. The predicted octanol–water partition coefficient (Wildman–Crippen LogP) is 1.40. The summed E-state index contributed by atoms with van der Waals surface area (Å²) in [6.07, 6.45) is 2.38. The molecule has 5 nitrogen and oxygen atoms in total. The van der Waals surface area contributed by atoms with Crippen LogP contribution in [0.3, 0.4) is 0 Å². The van der Waals surface area contributed by atoms with Gasteiger partial charge in [-0.15, -0.1) is 0 Å². The normalized spacial score (nSPS) is 17.1. The summed E-state index contributed by atoms with van der Waals surface area (Å²) in [4.78, 5) is 12.1. The van der Waals surface area contributed by atoms with E-state index in [2.05, 4.69) is 15.7 Å². The van der Waals surface area contributed by atoms with Gasteiger partial charge in [-0.05, 0) is 11.6 Å². The van der Waals surface area contributed by atoms with Crippen LogP contribution in [0.1, 0.15) is 5.56 Å². The van der Waals surface area contributed by atoms with E-state index in [0.29, 0.717) is 5.82 Å². The van der Waals surface area contributed by atoms with Crippen LogP contribution >= 0.6 is 0 Å². The first-order valence-electron chi connectivity index (χ1n) is 5.87. The number of para-hydroxylation sites is 1. The maximum Gasteiger partial charge on any atom is 0.248 e. The molecule has 2 heterocycles. The molecule has 92 valence electrons. The number of anilines is 2. The van der Waals surface area contributed by atoms with Gasteiger partial charge in [0.2, 0.25) is 5.91 Å². The summed E-state index contributed by atoms with van der Waals surface area (Å²) in [7, 11) is 1.80. The van der Waals surface area contributed by atoms with Gasteiger partial charge in [0, 0.05) is 25.2 Å². The van der Waals surface area contributed by atoms with Gasteiger partial charge in [-0.1, -0.05) is 18.2 Å². The second-order valence-electron chi connectivity index (χ2n) is 4.39. The predicted molar refractivity (Wildman–Crippen MR) is 69.4 cm³/mol. The summed E-state index contributed by atoms with van der Waals surface area (Å²) in [5.41, 5.74) is 2.23. The SMILES string of the molecule is Cn1nccc1NC(=O)C1Cc2ccccc2N1. The highest BCUT2D eigenvalue weighted by Crippen LogP contribution is 2.25. The molecule has 2 N–H and O–H groups in total. The Morgan fingerprint density at radius 3 is 3.00 bits per heavy atom. The van der Waals surface area contributed by atoms with Crippen molar-refractivity contribution >= 4 is 17.4 Å². The van der Waals surface area contributed by atoms with Crippen molar-refractivity contribution in [1.29, 1.82) is 0 Å². The van der Waals surface area contributed by atoms with E-state index in [1.807, 2.05) is 24.3 Å². The zero-order valence-corrected chi connectivity index (χ0v) is 10.1. The fourth-order valence-electron chi connectivity index (χ4n) is 2.17. The Morgan fingerprint density at radius 2 is 2.28 bits per heavy atom. The third-order valence-electron chi connectivity index (χ3n) is 3.16. The van der Waals surface area contributed by atoms with Crippen molar-refractivity contribution in [2.45, 2.75) is 12.5 Å². The molecule has 1 aromatic carbocycles. The standard InChI is InChI=1S/C13H14N4O/c1-17-12(6-7-14-17)16-13(18)11-8-9-4-2-3-5-10(9)15-11/h2-7,11,15H,8H2,1H3,(H,16,18). The van der Waals surface area contributed by atoms with Gasteiger partial charge in [0.25, 0.3) is 0 Å². The van der Waals surface area contributed by atoms with Crippen LogP contribution in [0.5, 0.6) is 0 Å². The summed E-state index contributed by atoms with van der Waals surface area (Å²) >= 11 is 0. The number of aryl methyl sites for hydroxylation is 1. The molecule has 1 aromatic heterocycles. The topological polar surface area (TPSA) is 59.0 Å². The van der Waals surface area contributed by atoms with E-state index in [1.54, 1.807) is 24.0 Å². The minimum absolute atomic E-state index is 0.0326. The van der Waals surface area contributed by atoms with E-state index < -0.39 is 0 Å². The molecule has 0 aliphatic carbocycles. The smallest absolute Gasteiger partial charge is 0.248 e. The van der Waals surface area contributed by atoms with Gasteiger partial charge in [0.05, 0.1) is 6.20 Å². The van der Waals surface area contributed by atoms with Crippen molar-refractivity contribution in [2.75, 3.05) is 10.6 Å². The van der Waals surface area contributed by atoms with Gasteiger partial charge < -0.3 is 10.6 Å². The van der Waals surface area contributed by atoms with E-state index in [9.17, 15) is 4.79 Å². The van der Waals surface area contributed by atoms with Gasteiger partial charge in [-0.3, -0.25) is 9.48 Å². The first kappa shape index (κ1) is 10.8. The minimum Gasteiger partial charge on any atom is -0.373 e. The van der Waals surface area contributed by atoms with Crippen LogP contribution in [0.4, 0.5) is 11.5 Å². The number of hydrogen-bond acceptors (Lipinski definition) is 3. The number of carbonyl (C=O) groups is 1. The number of benzene rings is 1. The third-order valence-corrected chi connectivity index (χ3v) is 3.16. The van der Waals surface area contributed by atoms with Crippen LogP contribution in [0, 0.1) is 0 Å². The van der Waals surface area contributed by atoms with E-state index in [4.69, 9.17) is 0 Å². The summed E-state index contributed by atoms with van der Waals surface area (Å²) in [5, 5.41) is 10.1. The monoisotopic (exact) mass is 242 g/mol. The number of fused-ring (bicyclic) bond motifs is 1. The Kier molecular flexibility index (Phi) is 2.51. The Bertz CT molecular complexity index is 565. The van der Waals surface area contributed by atoms with Crippen molar-refractivity contribution in [2.24, 2.45) is 7.05 Å². The first-order valence-corrected chi connectivity index (χ1v) is 5.87. The highest BCUT2D eigenvalue weighted by molar-refractivity contribution is 5.97. The number of aromatic nitrogens is 2. The fourth-order valence-corrected chi connectivity index (χ4v) is 2.17. The Morgan fingerprint density at radius 1 is 1.44 bits per heavy atom. The second-order valence-corrected chi connectivity index (χ2v) is 4.39. The molecule has 0 bridgehead atoms. The van der Waals surface area contributed by atoms with Crippen molar-refractivity contribution < 1.29 is 4.79 Å². The van der Waals surface area contributed by atoms with Crippen molar-refractivity contribution in [3.05, 3.63) is 42.1 Å². The van der Waals surface area contributed by atoms with Gasteiger partial charge in [-0.2, -0.15) is 5.10 Å². The summed E-state index contributed by atoms with van der Waals surface area (Å²) in [6, 6.07) is 9.55. The minimum atomic E-state index is -0.211.